The molecule has 2 N–H and O–H groups in total. The van der Waals surface area contributed by atoms with Crippen LogP contribution in [0.4, 0.5) is 5.82 Å². The molecular weight excluding hydrogens is 651 g/mol. The SMILES string of the molecule is CC[C@H]1CC(n2cc(C)c(=O)[nH]c2=O)CN(P(=O)(OC[C@@H]2CN(C)CC(n3cnc4c(NC(=O)c5ccccc5)ncnc43)O2)N(C)C)C1. The molecule has 0 spiro atoms. The molecule has 17 heteroatoms. The van der Waals surface area contributed by atoms with Gasteiger partial charge in [0.2, 0.25) is 0 Å². The summed E-state index contributed by atoms with van der Waals surface area (Å²) in [5, 5.41) is 2.83. The molecule has 4 aromatic rings. The Morgan fingerprint density at radius 1 is 1.10 bits per heavy atom. The molecule has 5 atom stereocenters. The van der Waals surface area contributed by atoms with E-state index in [1.54, 1.807) is 71.6 Å². The van der Waals surface area contributed by atoms with Gasteiger partial charge in [0.25, 0.3) is 11.5 Å². The molecule has 3 aromatic heterocycles. The van der Waals surface area contributed by atoms with Crippen molar-refractivity contribution in [1.82, 2.24) is 43.3 Å². The van der Waals surface area contributed by atoms with E-state index in [1.165, 1.54) is 6.33 Å². The standard InChI is InChI=1S/C32H43N10O6P/c1-6-22-12-24(41-13-21(2)30(43)37-32(41)45)15-40(14-22)49(46,38(3)4)47-18-25-16-39(5)17-26(48-25)42-20-35-27-28(33-19-34-29(27)42)36-31(44)23-10-8-7-9-11-23/h7-11,13,19-20,22,24-26H,6,12,14-18H2,1-5H3,(H,37,43,45)(H,33,34,36,44)/t22-,24?,25-,26?,49?/m0/s1. The van der Waals surface area contributed by atoms with Crippen LogP contribution in [0.5, 0.6) is 0 Å². The topological polar surface area (TPSA) is 173 Å². The summed E-state index contributed by atoms with van der Waals surface area (Å²) in [6.07, 6.45) is 5.17. The molecule has 49 heavy (non-hydrogen) atoms. The molecule has 16 nitrogen and oxygen atoms in total. The fraction of sp³-hybridized carbons (Fsp3) is 0.500. The number of hydrogen-bond acceptors (Lipinski definition) is 10. The van der Waals surface area contributed by atoms with E-state index >= 15 is 0 Å². The Hall–Kier alpha value is -4.05. The van der Waals surface area contributed by atoms with Crippen molar-refractivity contribution >= 4 is 30.6 Å². The van der Waals surface area contributed by atoms with E-state index in [1.807, 2.05) is 17.8 Å². The lowest BCUT2D eigenvalue weighted by atomic mass is 9.93. The summed E-state index contributed by atoms with van der Waals surface area (Å²) in [4.78, 5) is 55.4. The molecule has 2 aliphatic rings. The van der Waals surface area contributed by atoms with Gasteiger partial charge in [0.15, 0.2) is 17.0 Å². The first-order valence-electron chi connectivity index (χ1n) is 16.3. The van der Waals surface area contributed by atoms with Gasteiger partial charge in [0.1, 0.15) is 12.6 Å². The van der Waals surface area contributed by atoms with E-state index in [2.05, 4.69) is 37.1 Å². The van der Waals surface area contributed by atoms with E-state index < -0.39 is 31.3 Å². The number of nitrogens with zero attached hydrogens (tertiary/aromatic N) is 8. The molecule has 1 aromatic carbocycles. The van der Waals surface area contributed by atoms with Gasteiger partial charge in [-0.05, 0) is 52.5 Å². The number of benzene rings is 1. The lowest BCUT2D eigenvalue weighted by Gasteiger charge is -2.43. The number of likely N-dealkylation sites (N-methyl/N-ethyl adjacent to an activating group) is 1. The summed E-state index contributed by atoms with van der Waals surface area (Å²) in [5.41, 5.74) is 0.964. The van der Waals surface area contributed by atoms with Crippen molar-refractivity contribution in [3.8, 4) is 0 Å². The second-order valence-corrected chi connectivity index (χ2v) is 15.6. The molecule has 6 rings (SSSR count). The number of nitrogens with one attached hydrogen (secondary N) is 2. The largest absolute Gasteiger partial charge is 0.350 e. The first-order chi connectivity index (χ1) is 23.5. The molecule has 1 amide bonds. The third kappa shape index (κ3) is 7.30. The van der Waals surface area contributed by atoms with Gasteiger partial charge in [-0.25, -0.2) is 29.1 Å². The third-order valence-corrected chi connectivity index (χ3v) is 11.7. The fourth-order valence-corrected chi connectivity index (χ4v) is 8.60. The number of H-pyrrole nitrogens is 1. The average Bonchev–Trinajstić information content (AvgIpc) is 3.54. The number of carbonyl (C=O) groups excluding carboxylic acids is 1. The molecule has 0 aliphatic carbocycles. The lowest BCUT2D eigenvalue weighted by Crippen LogP contribution is -2.47. The number of rotatable bonds is 10. The van der Waals surface area contributed by atoms with Crippen LogP contribution in [0, 0.1) is 12.8 Å². The van der Waals surface area contributed by atoms with Crippen LogP contribution in [0.1, 0.15) is 48.0 Å². The Bertz CT molecular complexity index is 1960. The predicted octanol–water partition coefficient (Wildman–Crippen LogP) is 2.73. The number of imidazole rings is 1. The number of aryl methyl sites for hydroxylation is 1. The number of ether oxygens (including phenoxy) is 1. The first kappa shape index (κ1) is 34.8. The zero-order valence-electron chi connectivity index (χ0n) is 28.4. The minimum absolute atomic E-state index is 0.0476. The van der Waals surface area contributed by atoms with Gasteiger partial charge in [-0.15, -0.1) is 0 Å². The first-order valence-corrected chi connectivity index (χ1v) is 17.9. The van der Waals surface area contributed by atoms with Crippen LogP contribution in [0.3, 0.4) is 0 Å². The highest BCUT2D eigenvalue weighted by Crippen LogP contribution is 2.55. The molecular formula is C32H43N10O6P. The molecule has 2 saturated heterocycles. The number of amides is 1. The fourth-order valence-electron chi connectivity index (χ4n) is 6.51. The maximum atomic E-state index is 14.7. The van der Waals surface area contributed by atoms with Crippen LogP contribution in [0.2, 0.25) is 0 Å². The minimum Gasteiger partial charge on any atom is -0.350 e. The monoisotopic (exact) mass is 694 g/mol. The van der Waals surface area contributed by atoms with Crippen molar-refractivity contribution in [2.45, 2.75) is 45.1 Å². The number of aromatic amines is 1. The van der Waals surface area contributed by atoms with Crippen LogP contribution in [-0.2, 0) is 13.8 Å². The molecule has 2 aliphatic heterocycles. The van der Waals surface area contributed by atoms with Gasteiger partial charge in [0.05, 0.1) is 25.1 Å². The van der Waals surface area contributed by atoms with Gasteiger partial charge in [-0.3, -0.25) is 33.2 Å². The summed E-state index contributed by atoms with van der Waals surface area (Å²) >= 11 is 0. The normalized spacial score (nSPS) is 23.5. The summed E-state index contributed by atoms with van der Waals surface area (Å²) in [5.74, 6) is 0.144. The second kappa shape index (κ2) is 14.4. The minimum atomic E-state index is -3.56. The molecule has 5 heterocycles. The summed E-state index contributed by atoms with van der Waals surface area (Å²) in [7, 11) is 1.86. The van der Waals surface area contributed by atoms with Crippen LogP contribution in [-0.4, -0.2) is 109 Å². The van der Waals surface area contributed by atoms with E-state index in [9.17, 15) is 18.9 Å². The molecule has 0 bridgehead atoms. The molecule has 262 valence electrons. The number of piperidine rings is 1. The third-order valence-electron chi connectivity index (χ3n) is 9.17. The summed E-state index contributed by atoms with van der Waals surface area (Å²) < 4.78 is 34.3. The van der Waals surface area contributed by atoms with E-state index in [0.29, 0.717) is 54.9 Å². The van der Waals surface area contributed by atoms with E-state index in [-0.39, 0.29) is 30.3 Å². The number of carbonyl (C=O) groups is 1. The van der Waals surface area contributed by atoms with Crippen LogP contribution in [0.15, 0.2) is 58.8 Å². The maximum absolute atomic E-state index is 14.7. The van der Waals surface area contributed by atoms with Crippen molar-refractivity contribution in [3.63, 3.8) is 0 Å². The van der Waals surface area contributed by atoms with Gasteiger partial charge in [-0.2, -0.15) is 0 Å². The zero-order chi connectivity index (χ0) is 34.9. The van der Waals surface area contributed by atoms with Crippen molar-refractivity contribution in [3.05, 3.63) is 81.1 Å². The Labute approximate surface area is 283 Å². The Kier molecular flexibility index (Phi) is 10.2. The van der Waals surface area contributed by atoms with Gasteiger partial charge < -0.3 is 14.6 Å². The molecule has 3 unspecified atom stereocenters. The predicted molar refractivity (Wildman–Crippen MR) is 183 cm³/mol. The highest BCUT2D eigenvalue weighted by atomic mass is 31.2. The second-order valence-electron chi connectivity index (χ2n) is 12.9. The number of hydrogen-bond donors (Lipinski definition) is 2. The Morgan fingerprint density at radius 3 is 2.61 bits per heavy atom. The van der Waals surface area contributed by atoms with Crippen molar-refractivity contribution in [1.29, 1.82) is 0 Å². The molecule has 2 fully saturated rings. The van der Waals surface area contributed by atoms with Crippen LogP contribution < -0.4 is 16.6 Å². The van der Waals surface area contributed by atoms with Gasteiger partial charge in [-0.1, -0.05) is 31.5 Å². The number of anilines is 1. The van der Waals surface area contributed by atoms with E-state index in [0.717, 1.165) is 6.42 Å². The number of morpholine rings is 1. The smallest absolute Gasteiger partial charge is 0.345 e. The summed E-state index contributed by atoms with van der Waals surface area (Å²) in [6, 6.07) is 8.56. The van der Waals surface area contributed by atoms with Crippen LogP contribution in [0.25, 0.3) is 11.2 Å². The summed E-state index contributed by atoms with van der Waals surface area (Å²) in [6.45, 7) is 5.71. The average molecular weight is 695 g/mol. The molecule has 0 radical (unpaired) electrons. The number of aromatic nitrogens is 6. The lowest BCUT2D eigenvalue weighted by molar-refractivity contribution is -0.125. The maximum Gasteiger partial charge on any atom is 0.345 e. The van der Waals surface area contributed by atoms with Crippen molar-refractivity contribution in [2.24, 2.45) is 5.92 Å². The van der Waals surface area contributed by atoms with Gasteiger partial charge in [0, 0.05) is 43.5 Å². The Morgan fingerprint density at radius 2 is 1.88 bits per heavy atom. The van der Waals surface area contributed by atoms with E-state index in [4.69, 9.17) is 9.26 Å². The quantitative estimate of drug-likeness (QED) is 0.233. The van der Waals surface area contributed by atoms with Crippen molar-refractivity contribution in [2.75, 3.05) is 59.2 Å². The highest BCUT2D eigenvalue weighted by molar-refractivity contribution is 7.53. The molecule has 0 saturated carbocycles. The Balaban J connectivity index is 1.18. The number of fused-ring (bicyclic) bond motifs is 1. The highest BCUT2D eigenvalue weighted by Gasteiger charge is 2.42. The van der Waals surface area contributed by atoms with Crippen LogP contribution >= 0.6 is 7.67 Å². The zero-order valence-corrected chi connectivity index (χ0v) is 29.2. The van der Waals surface area contributed by atoms with Gasteiger partial charge >= 0.3 is 13.4 Å². The van der Waals surface area contributed by atoms with Crippen molar-refractivity contribution < 1.29 is 18.6 Å².